The molecule has 3 rings (SSSR count). The number of nitrogens with one attached hydrogen (secondary N) is 1. The van der Waals surface area contributed by atoms with Gasteiger partial charge in [0.05, 0.1) is 18.0 Å². The van der Waals surface area contributed by atoms with Crippen LogP contribution >= 0.6 is 0 Å². The fourth-order valence-electron chi connectivity index (χ4n) is 2.33. The second-order valence-corrected chi connectivity index (χ2v) is 5.00. The molecule has 0 fully saturated rings. The Balaban J connectivity index is 2.05. The molecule has 0 atom stereocenters. The Hall–Kier alpha value is -3.22. The fourth-order valence-corrected chi connectivity index (χ4v) is 2.33. The van der Waals surface area contributed by atoms with Crippen LogP contribution in [0.5, 0.6) is 0 Å². The van der Waals surface area contributed by atoms with Gasteiger partial charge < -0.3 is 10.1 Å². The number of aromatic nitrogens is 1. The number of esters is 1. The van der Waals surface area contributed by atoms with Gasteiger partial charge in [-0.3, -0.25) is 9.78 Å². The molecule has 7 nitrogen and oxygen atoms in total. The molecule has 0 unspecified atom stereocenters. The molecule has 122 valence electrons. The lowest BCUT2D eigenvalue weighted by atomic mass is 10.0. The molecule has 0 saturated heterocycles. The van der Waals surface area contributed by atoms with Crippen LogP contribution in [0.25, 0.3) is 0 Å². The zero-order valence-corrected chi connectivity index (χ0v) is 13.1. The third kappa shape index (κ3) is 3.24. The highest BCUT2D eigenvalue weighted by molar-refractivity contribution is 6.17. The first-order valence-corrected chi connectivity index (χ1v) is 7.52. The first kappa shape index (κ1) is 15.7. The van der Waals surface area contributed by atoms with E-state index in [0.717, 1.165) is 10.6 Å². The Morgan fingerprint density at radius 3 is 2.75 bits per heavy atom. The molecule has 0 radical (unpaired) electrons. The molecule has 0 bridgehead atoms. The highest BCUT2D eigenvalue weighted by Crippen LogP contribution is 2.23. The molecule has 0 spiro atoms. The number of carbonyl (C=O) groups is 2. The lowest BCUT2D eigenvalue weighted by molar-refractivity contribution is -0.143. The summed E-state index contributed by atoms with van der Waals surface area (Å²) in [5, 5.41) is 8.18. The first-order chi connectivity index (χ1) is 11.7. The predicted molar refractivity (Wildman–Crippen MR) is 88.7 cm³/mol. The SMILES string of the molecule is CCOC(=O)CN1N=C(c2ccccn2)c2ccccc2NC1=O. The molecule has 1 N–H and O–H groups in total. The number of hydrogen-bond donors (Lipinski definition) is 1. The maximum atomic E-state index is 12.4. The van der Waals surface area contributed by atoms with Crippen molar-refractivity contribution in [3.8, 4) is 0 Å². The van der Waals surface area contributed by atoms with E-state index in [1.807, 2.05) is 24.3 Å². The maximum absolute atomic E-state index is 12.4. The van der Waals surface area contributed by atoms with E-state index in [-0.39, 0.29) is 13.2 Å². The van der Waals surface area contributed by atoms with E-state index >= 15 is 0 Å². The van der Waals surface area contributed by atoms with Crippen LogP contribution in [0, 0.1) is 0 Å². The number of rotatable bonds is 4. The fraction of sp³-hybridized carbons (Fsp3) is 0.176. The van der Waals surface area contributed by atoms with Gasteiger partial charge in [0, 0.05) is 11.8 Å². The number of hydrogen-bond acceptors (Lipinski definition) is 5. The third-order valence-electron chi connectivity index (χ3n) is 3.37. The van der Waals surface area contributed by atoms with Crippen molar-refractivity contribution in [3.05, 3.63) is 59.9 Å². The molecule has 1 aliphatic rings. The largest absolute Gasteiger partial charge is 0.465 e. The standard InChI is InChI=1S/C17H16N4O3/c1-2-24-15(22)11-21-17(23)19-13-8-4-3-7-12(13)16(20-21)14-9-5-6-10-18-14/h3-10H,2,11H2,1H3,(H,19,23). The van der Waals surface area contributed by atoms with Gasteiger partial charge in [-0.1, -0.05) is 24.3 Å². The van der Waals surface area contributed by atoms with E-state index in [9.17, 15) is 9.59 Å². The van der Waals surface area contributed by atoms with Gasteiger partial charge in [-0.2, -0.15) is 5.10 Å². The zero-order chi connectivity index (χ0) is 16.9. The summed E-state index contributed by atoms with van der Waals surface area (Å²) in [6.45, 7) is 1.67. The van der Waals surface area contributed by atoms with Gasteiger partial charge in [0.1, 0.15) is 12.3 Å². The summed E-state index contributed by atoms with van der Waals surface area (Å²) in [5.74, 6) is -0.525. The van der Waals surface area contributed by atoms with Gasteiger partial charge in [0.2, 0.25) is 0 Å². The van der Waals surface area contributed by atoms with Crippen molar-refractivity contribution in [2.45, 2.75) is 6.92 Å². The van der Waals surface area contributed by atoms with Crippen LogP contribution in [0.15, 0.2) is 53.8 Å². The summed E-state index contributed by atoms with van der Waals surface area (Å²) >= 11 is 0. The molecule has 0 aliphatic carbocycles. The molecule has 1 aliphatic heterocycles. The van der Waals surface area contributed by atoms with Crippen LogP contribution in [0.2, 0.25) is 0 Å². The van der Waals surface area contributed by atoms with E-state index in [1.165, 1.54) is 0 Å². The van der Waals surface area contributed by atoms with Crippen molar-refractivity contribution in [3.63, 3.8) is 0 Å². The van der Waals surface area contributed by atoms with Gasteiger partial charge in [-0.25, -0.2) is 9.80 Å². The summed E-state index contributed by atoms with van der Waals surface area (Å²) in [6, 6.07) is 12.2. The van der Waals surface area contributed by atoms with Crippen molar-refractivity contribution in [1.29, 1.82) is 0 Å². The Kier molecular flexibility index (Phi) is 4.51. The summed E-state index contributed by atoms with van der Waals surface area (Å²) in [5.41, 5.74) is 2.46. The first-order valence-electron chi connectivity index (χ1n) is 7.52. The minimum Gasteiger partial charge on any atom is -0.465 e. The number of para-hydroxylation sites is 1. The second kappa shape index (κ2) is 6.91. The van der Waals surface area contributed by atoms with Crippen molar-refractivity contribution in [1.82, 2.24) is 9.99 Å². The van der Waals surface area contributed by atoms with Crippen LogP contribution in [-0.2, 0) is 9.53 Å². The Morgan fingerprint density at radius 1 is 1.21 bits per heavy atom. The van der Waals surface area contributed by atoms with Crippen molar-refractivity contribution in [2.75, 3.05) is 18.5 Å². The van der Waals surface area contributed by atoms with Crippen LogP contribution in [-0.4, -0.2) is 40.9 Å². The average Bonchev–Trinajstić information content (AvgIpc) is 2.73. The zero-order valence-electron chi connectivity index (χ0n) is 13.1. The van der Waals surface area contributed by atoms with E-state index in [1.54, 1.807) is 31.3 Å². The van der Waals surface area contributed by atoms with Crippen LogP contribution in [0.4, 0.5) is 10.5 Å². The second-order valence-electron chi connectivity index (χ2n) is 5.00. The summed E-state index contributed by atoms with van der Waals surface area (Å²) in [4.78, 5) is 28.4. The number of pyridine rings is 1. The molecule has 2 amide bonds. The molecule has 2 heterocycles. The smallest absolute Gasteiger partial charge is 0.342 e. The number of carbonyl (C=O) groups excluding carboxylic acids is 2. The van der Waals surface area contributed by atoms with E-state index < -0.39 is 12.0 Å². The summed E-state index contributed by atoms with van der Waals surface area (Å²) in [7, 11) is 0. The number of benzene rings is 1. The monoisotopic (exact) mass is 324 g/mol. The van der Waals surface area contributed by atoms with E-state index in [0.29, 0.717) is 17.1 Å². The van der Waals surface area contributed by atoms with Crippen molar-refractivity contribution >= 4 is 23.4 Å². The molecular formula is C17H16N4O3. The topological polar surface area (TPSA) is 83.9 Å². The summed E-state index contributed by atoms with van der Waals surface area (Å²) in [6.07, 6.45) is 1.65. The van der Waals surface area contributed by atoms with Crippen molar-refractivity contribution in [2.24, 2.45) is 5.10 Å². The molecule has 1 aromatic carbocycles. The minimum absolute atomic E-state index is 0.241. The number of urea groups is 1. The molecule has 24 heavy (non-hydrogen) atoms. The van der Waals surface area contributed by atoms with Crippen LogP contribution < -0.4 is 5.32 Å². The normalized spacial score (nSPS) is 13.5. The van der Waals surface area contributed by atoms with Gasteiger partial charge in [0.25, 0.3) is 0 Å². The van der Waals surface area contributed by atoms with Gasteiger partial charge in [0.15, 0.2) is 0 Å². The molecule has 0 saturated carbocycles. The number of hydrazone groups is 1. The van der Waals surface area contributed by atoms with E-state index in [2.05, 4.69) is 15.4 Å². The molecular weight excluding hydrogens is 308 g/mol. The van der Waals surface area contributed by atoms with Gasteiger partial charge in [-0.15, -0.1) is 0 Å². The van der Waals surface area contributed by atoms with Gasteiger partial charge >= 0.3 is 12.0 Å². The highest BCUT2D eigenvalue weighted by atomic mass is 16.5. The molecule has 1 aromatic heterocycles. The quantitative estimate of drug-likeness (QED) is 0.874. The Bertz CT molecular complexity index is 789. The van der Waals surface area contributed by atoms with Crippen molar-refractivity contribution < 1.29 is 14.3 Å². The molecule has 7 heteroatoms. The number of amides is 2. The number of fused-ring (bicyclic) bond motifs is 1. The number of nitrogens with zero attached hydrogens (tertiary/aromatic N) is 3. The molecule has 2 aromatic rings. The van der Waals surface area contributed by atoms with Crippen LogP contribution in [0.1, 0.15) is 18.2 Å². The maximum Gasteiger partial charge on any atom is 0.342 e. The lowest BCUT2D eigenvalue weighted by Crippen LogP contribution is -2.35. The highest BCUT2D eigenvalue weighted by Gasteiger charge is 2.25. The lowest BCUT2D eigenvalue weighted by Gasteiger charge is -2.15. The van der Waals surface area contributed by atoms with Crippen LogP contribution in [0.3, 0.4) is 0 Å². The van der Waals surface area contributed by atoms with Gasteiger partial charge in [-0.05, 0) is 25.1 Å². The predicted octanol–water partition coefficient (Wildman–Crippen LogP) is 2.24. The summed E-state index contributed by atoms with van der Waals surface area (Å²) < 4.78 is 4.91. The van der Waals surface area contributed by atoms with E-state index in [4.69, 9.17) is 4.74 Å². The number of anilines is 1. The Labute approximate surface area is 139 Å². The third-order valence-corrected chi connectivity index (χ3v) is 3.37. The number of ether oxygens (including phenoxy) is 1. The Morgan fingerprint density at radius 2 is 2.00 bits per heavy atom. The minimum atomic E-state index is -0.525. The average molecular weight is 324 g/mol.